The molecule has 2 rings (SSSR count). The summed E-state index contributed by atoms with van der Waals surface area (Å²) < 4.78 is 5.36. The smallest absolute Gasteiger partial charge is 0.287 e. The summed E-state index contributed by atoms with van der Waals surface area (Å²) in [7, 11) is 0. The Morgan fingerprint density at radius 2 is 2.33 bits per heavy atom. The Bertz CT molecular complexity index is 439. The third-order valence-corrected chi connectivity index (χ3v) is 3.07. The molecule has 2 amide bonds. The minimum atomic E-state index is -0.449. The molecular weight excluding hydrogens is 232 g/mol. The first-order valence-corrected chi connectivity index (χ1v) is 6.38. The lowest BCUT2D eigenvalue weighted by molar-refractivity contribution is -0.122. The van der Waals surface area contributed by atoms with Gasteiger partial charge in [0.05, 0.1) is 0 Å². The van der Waals surface area contributed by atoms with Crippen LogP contribution in [0, 0.1) is 0 Å². The van der Waals surface area contributed by atoms with E-state index in [1.54, 1.807) is 12.1 Å². The van der Waals surface area contributed by atoms with Crippen LogP contribution in [0.5, 0.6) is 0 Å². The van der Waals surface area contributed by atoms with Gasteiger partial charge in [0.15, 0.2) is 5.76 Å². The molecule has 2 heterocycles. The number of carbonyl (C=O) groups excluding carboxylic acids is 2. The molecule has 98 valence electrons. The maximum atomic E-state index is 11.9. The first-order valence-electron chi connectivity index (χ1n) is 6.38. The molecule has 0 saturated carbocycles. The monoisotopic (exact) mass is 250 g/mol. The highest BCUT2D eigenvalue weighted by Crippen LogP contribution is 2.10. The summed E-state index contributed by atoms with van der Waals surface area (Å²) in [5.41, 5.74) is 0. The highest BCUT2D eigenvalue weighted by atomic mass is 16.3. The third-order valence-electron chi connectivity index (χ3n) is 3.07. The second-order valence-electron chi connectivity index (χ2n) is 4.43. The van der Waals surface area contributed by atoms with E-state index in [1.807, 2.05) is 6.92 Å². The second kappa shape index (κ2) is 5.71. The van der Waals surface area contributed by atoms with Crippen LogP contribution in [0.25, 0.3) is 0 Å². The minimum Gasteiger partial charge on any atom is -0.456 e. The maximum Gasteiger partial charge on any atom is 0.287 e. The van der Waals surface area contributed by atoms with Crippen LogP contribution in [0.3, 0.4) is 0 Å². The zero-order valence-corrected chi connectivity index (χ0v) is 10.5. The Balaban J connectivity index is 1.99. The van der Waals surface area contributed by atoms with Gasteiger partial charge in [-0.25, -0.2) is 0 Å². The van der Waals surface area contributed by atoms with Gasteiger partial charge < -0.3 is 15.1 Å². The molecule has 0 aliphatic carbocycles. The normalized spacial score (nSPS) is 20.1. The lowest BCUT2D eigenvalue weighted by atomic mass is 10.1. The molecule has 0 aromatic carbocycles. The predicted molar refractivity (Wildman–Crippen MR) is 66.2 cm³/mol. The van der Waals surface area contributed by atoms with Crippen LogP contribution in [0.15, 0.2) is 16.5 Å². The van der Waals surface area contributed by atoms with Crippen molar-refractivity contribution in [2.45, 2.75) is 38.6 Å². The van der Waals surface area contributed by atoms with E-state index in [4.69, 9.17) is 4.42 Å². The molecule has 1 saturated heterocycles. The van der Waals surface area contributed by atoms with E-state index in [-0.39, 0.29) is 17.6 Å². The molecule has 1 aliphatic rings. The average molecular weight is 250 g/mol. The number of hydrogen-bond acceptors (Lipinski definition) is 3. The van der Waals surface area contributed by atoms with Crippen molar-refractivity contribution >= 4 is 11.8 Å². The molecule has 0 spiro atoms. The molecule has 2 N–H and O–H groups in total. The Labute approximate surface area is 106 Å². The average Bonchev–Trinajstić information content (AvgIpc) is 2.77. The number of nitrogens with one attached hydrogen (secondary N) is 2. The van der Waals surface area contributed by atoms with Gasteiger partial charge in [-0.05, 0) is 31.4 Å². The fourth-order valence-electron chi connectivity index (χ4n) is 2.00. The van der Waals surface area contributed by atoms with Gasteiger partial charge in [0.25, 0.3) is 5.91 Å². The van der Waals surface area contributed by atoms with Crippen molar-refractivity contribution in [3.8, 4) is 0 Å². The summed E-state index contributed by atoms with van der Waals surface area (Å²) in [5.74, 6) is 0.606. The van der Waals surface area contributed by atoms with Crippen LogP contribution in [0.1, 0.15) is 42.5 Å². The van der Waals surface area contributed by atoms with Crippen molar-refractivity contribution in [2.75, 3.05) is 6.54 Å². The van der Waals surface area contributed by atoms with Gasteiger partial charge in [-0.3, -0.25) is 9.59 Å². The quantitative estimate of drug-likeness (QED) is 0.847. The first kappa shape index (κ1) is 12.7. The van der Waals surface area contributed by atoms with Gasteiger partial charge in [0.1, 0.15) is 11.8 Å². The maximum absolute atomic E-state index is 11.9. The van der Waals surface area contributed by atoms with Crippen molar-refractivity contribution < 1.29 is 14.0 Å². The van der Waals surface area contributed by atoms with Crippen LogP contribution in [-0.2, 0) is 11.2 Å². The molecule has 0 bridgehead atoms. The Morgan fingerprint density at radius 3 is 3.06 bits per heavy atom. The van der Waals surface area contributed by atoms with E-state index in [1.165, 1.54) is 0 Å². The molecule has 5 nitrogen and oxygen atoms in total. The minimum absolute atomic E-state index is 0.108. The summed E-state index contributed by atoms with van der Waals surface area (Å²) in [4.78, 5) is 23.6. The van der Waals surface area contributed by atoms with Gasteiger partial charge in [-0.2, -0.15) is 0 Å². The van der Waals surface area contributed by atoms with Gasteiger partial charge in [-0.15, -0.1) is 0 Å². The molecule has 1 aliphatic heterocycles. The third kappa shape index (κ3) is 2.91. The second-order valence-corrected chi connectivity index (χ2v) is 4.43. The van der Waals surface area contributed by atoms with Gasteiger partial charge in [-0.1, -0.05) is 6.92 Å². The summed E-state index contributed by atoms with van der Waals surface area (Å²) in [6.07, 6.45) is 3.32. The van der Waals surface area contributed by atoms with Gasteiger partial charge in [0.2, 0.25) is 5.91 Å². The van der Waals surface area contributed by atoms with E-state index in [0.717, 1.165) is 25.0 Å². The Morgan fingerprint density at radius 1 is 1.50 bits per heavy atom. The molecular formula is C13H18N2O3. The largest absolute Gasteiger partial charge is 0.456 e. The molecule has 1 aromatic rings. The topological polar surface area (TPSA) is 71.3 Å². The van der Waals surface area contributed by atoms with Gasteiger partial charge >= 0.3 is 0 Å². The first-order chi connectivity index (χ1) is 8.70. The SMILES string of the molecule is CCc1ccc(C(=O)NC2CCCCNC2=O)o1. The van der Waals surface area contributed by atoms with Crippen LogP contribution >= 0.6 is 0 Å². The van der Waals surface area contributed by atoms with E-state index in [2.05, 4.69) is 10.6 Å². The van der Waals surface area contributed by atoms with Crippen LogP contribution in [0.2, 0.25) is 0 Å². The van der Waals surface area contributed by atoms with Crippen molar-refractivity contribution in [2.24, 2.45) is 0 Å². The Kier molecular flexibility index (Phi) is 4.02. The zero-order valence-electron chi connectivity index (χ0n) is 10.5. The standard InChI is InChI=1S/C13H18N2O3/c1-2-9-6-7-11(18-9)13(17)15-10-5-3-4-8-14-12(10)16/h6-7,10H,2-5,8H2,1H3,(H,14,16)(H,15,17). The molecule has 1 unspecified atom stereocenters. The Hall–Kier alpha value is -1.78. The highest BCUT2D eigenvalue weighted by Gasteiger charge is 2.23. The lowest BCUT2D eigenvalue weighted by Gasteiger charge is -2.13. The number of rotatable bonds is 3. The molecule has 1 aromatic heterocycles. The number of aryl methyl sites for hydroxylation is 1. The molecule has 0 radical (unpaired) electrons. The van der Waals surface area contributed by atoms with Crippen molar-refractivity contribution in [3.63, 3.8) is 0 Å². The fraction of sp³-hybridized carbons (Fsp3) is 0.538. The van der Waals surface area contributed by atoms with Crippen LogP contribution in [-0.4, -0.2) is 24.4 Å². The zero-order chi connectivity index (χ0) is 13.0. The van der Waals surface area contributed by atoms with E-state index in [9.17, 15) is 9.59 Å². The van der Waals surface area contributed by atoms with Crippen molar-refractivity contribution in [3.05, 3.63) is 23.7 Å². The summed E-state index contributed by atoms with van der Waals surface area (Å²) >= 11 is 0. The number of amides is 2. The molecule has 18 heavy (non-hydrogen) atoms. The fourth-order valence-corrected chi connectivity index (χ4v) is 2.00. The highest BCUT2D eigenvalue weighted by molar-refractivity contribution is 5.95. The summed E-state index contributed by atoms with van der Waals surface area (Å²) in [5, 5.41) is 5.50. The van der Waals surface area contributed by atoms with Crippen LogP contribution < -0.4 is 10.6 Å². The predicted octanol–water partition coefficient (Wildman–Crippen LogP) is 1.24. The summed E-state index contributed by atoms with van der Waals surface area (Å²) in [6.45, 7) is 2.64. The number of carbonyl (C=O) groups is 2. The molecule has 5 heteroatoms. The molecule has 1 atom stereocenters. The van der Waals surface area contributed by atoms with Crippen molar-refractivity contribution in [1.29, 1.82) is 0 Å². The van der Waals surface area contributed by atoms with Crippen molar-refractivity contribution in [1.82, 2.24) is 10.6 Å². The van der Waals surface area contributed by atoms with Crippen LogP contribution in [0.4, 0.5) is 0 Å². The molecule has 1 fully saturated rings. The number of furan rings is 1. The lowest BCUT2D eigenvalue weighted by Crippen LogP contribution is -2.45. The van der Waals surface area contributed by atoms with E-state index in [0.29, 0.717) is 13.0 Å². The van der Waals surface area contributed by atoms with Gasteiger partial charge in [0, 0.05) is 13.0 Å². The summed E-state index contributed by atoms with van der Waals surface area (Å²) in [6, 6.07) is 2.97. The van der Waals surface area contributed by atoms with E-state index >= 15 is 0 Å². The number of hydrogen-bond donors (Lipinski definition) is 2. The van der Waals surface area contributed by atoms with E-state index < -0.39 is 6.04 Å².